The molecule has 3 heterocycles. The number of anilines is 1. The number of aromatic nitrogens is 5. The van der Waals surface area contributed by atoms with Crippen molar-refractivity contribution >= 4 is 23.0 Å². The maximum atomic E-state index is 11.8. The van der Waals surface area contributed by atoms with Gasteiger partial charge in [-0.15, -0.1) is 0 Å². The molecule has 0 spiro atoms. The maximum Gasteiger partial charge on any atom is 0.321 e. The van der Waals surface area contributed by atoms with Crippen LogP contribution in [0.1, 0.15) is 12.7 Å². The quantitative estimate of drug-likeness (QED) is 0.512. The number of amides is 2. The first-order valence-corrected chi connectivity index (χ1v) is 8.43. The molecule has 9 nitrogen and oxygen atoms in total. The lowest BCUT2D eigenvalue weighted by molar-refractivity contribution is 0.252. The molecule has 0 bridgehead atoms. The minimum Gasteiger partial charge on any atom is -0.338 e. The molecule has 0 aliphatic rings. The number of imidazole rings is 1. The highest BCUT2D eigenvalue weighted by atomic mass is 16.5. The molecule has 0 fully saturated rings. The van der Waals surface area contributed by atoms with Crippen LogP contribution in [0.15, 0.2) is 41.2 Å². The third-order valence-electron chi connectivity index (χ3n) is 3.92. The van der Waals surface area contributed by atoms with Crippen LogP contribution in [0.3, 0.4) is 0 Å². The Labute approximate surface area is 154 Å². The van der Waals surface area contributed by atoms with Gasteiger partial charge < -0.3 is 14.8 Å². The summed E-state index contributed by atoms with van der Waals surface area (Å²) in [6.45, 7) is 4.11. The lowest BCUT2D eigenvalue weighted by atomic mass is 10.0. The number of H-pyrrole nitrogens is 1. The van der Waals surface area contributed by atoms with Crippen LogP contribution in [0.2, 0.25) is 0 Å². The van der Waals surface area contributed by atoms with Crippen molar-refractivity contribution in [3.05, 3.63) is 42.5 Å². The summed E-state index contributed by atoms with van der Waals surface area (Å²) in [4.78, 5) is 27.9. The molecule has 4 rings (SSSR count). The number of nitrogens with zero attached hydrogens (tertiary/aromatic N) is 4. The predicted octanol–water partition coefficient (Wildman–Crippen LogP) is 3.12. The second-order valence-electron chi connectivity index (χ2n) is 5.88. The molecular formula is C18H17N7O2. The number of pyridine rings is 1. The Bertz CT molecular complexity index is 1100. The van der Waals surface area contributed by atoms with Gasteiger partial charge in [0, 0.05) is 24.5 Å². The SMILES string of the molecule is CCNC(=O)Nc1nc2cc(-c3cccnc3)cc(-c3nc(C)no3)c2[nH]1. The van der Waals surface area contributed by atoms with Crippen LogP contribution in [-0.4, -0.2) is 37.7 Å². The molecule has 0 aliphatic heterocycles. The van der Waals surface area contributed by atoms with E-state index in [1.165, 1.54) is 0 Å². The monoisotopic (exact) mass is 363 g/mol. The number of hydrogen-bond donors (Lipinski definition) is 3. The molecule has 3 aromatic heterocycles. The summed E-state index contributed by atoms with van der Waals surface area (Å²) < 4.78 is 5.35. The number of aromatic amines is 1. The number of rotatable bonds is 4. The Kier molecular flexibility index (Phi) is 4.25. The third kappa shape index (κ3) is 3.34. The van der Waals surface area contributed by atoms with E-state index in [0.717, 1.165) is 11.1 Å². The van der Waals surface area contributed by atoms with E-state index >= 15 is 0 Å². The highest BCUT2D eigenvalue weighted by Gasteiger charge is 2.17. The second-order valence-corrected chi connectivity index (χ2v) is 5.88. The number of carbonyl (C=O) groups is 1. The summed E-state index contributed by atoms with van der Waals surface area (Å²) in [7, 11) is 0. The van der Waals surface area contributed by atoms with E-state index in [1.54, 1.807) is 19.3 Å². The van der Waals surface area contributed by atoms with E-state index in [2.05, 4.69) is 35.7 Å². The van der Waals surface area contributed by atoms with Crippen LogP contribution in [0, 0.1) is 6.92 Å². The van der Waals surface area contributed by atoms with E-state index < -0.39 is 0 Å². The number of nitrogens with one attached hydrogen (secondary N) is 3. The van der Waals surface area contributed by atoms with Crippen molar-refractivity contribution in [2.24, 2.45) is 0 Å². The van der Waals surface area contributed by atoms with E-state index in [9.17, 15) is 4.79 Å². The molecule has 0 atom stereocenters. The van der Waals surface area contributed by atoms with Gasteiger partial charge in [-0.25, -0.2) is 9.78 Å². The number of aryl methyl sites for hydroxylation is 1. The molecule has 136 valence electrons. The molecule has 0 aliphatic carbocycles. The zero-order chi connectivity index (χ0) is 18.8. The van der Waals surface area contributed by atoms with Gasteiger partial charge in [0.15, 0.2) is 5.82 Å². The average molecular weight is 363 g/mol. The lowest BCUT2D eigenvalue weighted by Crippen LogP contribution is -2.28. The maximum absolute atomic E-state index is 11.8. The average Bonchev–Trinajstić information content (AvgIpc) is 3.27. The smallest absolute Gasteiger partial charge is 0.321 e. The zero-order valence-corrected chi connectivity index (χ0v) is 14.8. The molecule has 1 aromatic carbocycles. The van der Waals surface area contributed by atoms with Crippen LogP contribution >= 0.6 is 0 Å². The molecule has 0 saturated carbocycles. The van der Waals surface area contributed by atoms with Gasteiger partial charge in [-0.1, -0.05) is 11.2 Å². The molecule has 4 aromatic rings. The number of carbonyl (C=O) groups excluding carboxylic acids is 1. The molecular weight excluding hydrogens is 346 g/mol. The molecule has 0 saturated heterocycles. The van der Waals surface area contributed by atoms with E-state index in [4.69, 9.17) is 4.52 Å². The van der Waals surface area contributed by atoms with Crippen LogP contribution in [-0.2, 0) is 0 Å². The van der Waals surface area contributed by atoms with Crippen LogP contribution in [0.5, 0.6) is 0 Å². The first-order valence-electron chi connectivity index (χ1n) is 8.43. The van der Waals surface area contributed by atoms with E-state index in [1.807, 2.05) is 31.2 Å². The fourth-order valence-electron chi connectivity index (χ4n) is 2.76. The predicted molar refractivity (Wildman–Crippen MR) is 100 cm³/mol. The fourth-order valence-corrected chi connectivity index (χ4v) is 2.76. The van der Waals surface area contributed by atoms with Gasteiger partial charge in [-0.3, -0.25) is 10.3 Å². The first-order chi connectivity index (χ1) is 13.1. The number of hydrogen-bond acceptors (Lipinski definition) is 6. The lowest BCUT2D eigenvalue weighted by Gasteiger charge is -2.04. The van der Waals surface area contributed by atoms with Crippen molar-refractivity contribution < 1.29 is 9.32 Å². The summed E-state index contributed by atoms with van der Waals surface area (Å²) in [5, 5.41) is 9.22. The molecule has 27 heavy (non-hydrogen) atoms. The van der Waals surface area contributed by atoms with Crippen molar-refractivity contribution in [2.45, 2.75) is 13.8 Å². The van der Waals surface area contributed by atoms with E-state index in [-0.39, 0.29) is 6.03 Å². The molecule has 2 amide bonds. The van der Waals surface area contributed by atoms with Gasteiger partial charge in [0.2, 0.25) is 5.95 Å². The van der Waals surface area contributed by atoms with Crippen molar-refractivity contribution in [3.63, 3.8) is 0 Å². The Morgan fingerprint density at radius 1 is 1.26 bits per heavy atom. The van der Waals surface area contributed by atoms with Crippen LogP contribution in [0.25, 0.3) is 33.6 Å². The van der Waals surface area contributed by atoms with Gasteiger partial charge >= 0.3 is 6.03 Å². The number of urea groups is 1. The van der Waals surface area contributed by atoms with Crippen molar-refractivity contribution in [1.82, 2.24) is 30.4 Å². The summed E-state index contributed by atoms with van der Waals surface area (Å²) in [6, 6.07) is 7.33. The van der Waals surface area contributed by atoms with Gasteiger partial charge in [0.1, 0.15) is 0 Å². The highest BCUT2D eigenvalue weighted by Crippen LogP contribution is 2.32. The van der Waals surface area contributed by atoms with Crippen LogP contribution < -0.4 is 10.6 Å². The minimum absolute atomic E-state index is 0.330. The Morgan fingerprint density at radius 3 is 2.85 bits per heavy atom. The Balaban J connectivity index is 1.86. The molecule has 9 heteroatoms. The van der Waals surface area contributed by atoms with Crippen molar-refractivity contribution in [2.75, 3.05) is 11.9 Å². The second kappa shape index (κ2) is 6.87. The standard InChI is InChI=1S/C18H17N7O2/c1-3-20-18(26)24-17-22-14-8-12(11-5-4-6-19-9-11)7-13(15(14)23-17)16-21-10(2)25-27-16/h4-9H,3H2,1-2H3,(H3,20,22,23,24,26). The normalized spacial score (nSPS) is 10.9. The van der Waals surface area contributed by atoms with Crippen molar-refractivity contribution in [1.29, 1.82) is 0 Å². The topological polar surface area (TPSA) is 122 Å². The largest absolute Gasteiger partial charge is 0.338 e. The fraction of sp³-hybridized carbons (Fsp3) is 0.167. The van der Waals surface area contributed by atoms with Gasteiger partial charge in [0.25, 0.3) is 5.89 Å². The zero-order valence-electron chi connectivity index (χ0n) is 14.8. The Hall–Kier alpha value is -3.75. The van der Waals surface area contributed by atoms with E-state index in [0.29, 0.717) is 40.8 Å². The summed E-state index contributed by atoms with van der Waals surface area (Å²) >= 11 is 0. The third-order valence-corrected chi connectivity index (χ3v) is 3.92. The van der Waals surface area contributed by atoms with Crippen LogP contribution in [0.4, 0.5) is 10.7 Å². The summed E-state index contributed by atoms with van der Waals surface area (Å²) in [5.41, 5.74) is 3.88. The minimum atomic E-state index is -0.334. The molecule has 0 unspecified atom stereocenters. The number of fused-ring (bicyclic) bond motifs is 1. The highest BCUT2D eigenvalue weighted by molar-refractivity contribution is 5.97. The van der Waals surface area contributed by atoms with Crippen molar-refractivity contribution in [3.8, 4) is 22.6 Å². The molecule has 0 radical (unpaired) electrons. The van der Waals surface area contributed by atoms with Gasteiger partial charge in [0.05, 0.1) is 16.6 Å². The Morgan fingerprint density at radius 2 is 2.15 bits per heavy atom. The first kappa shape index (κ1) is 16.7. The molecule has 3 N–H and O–H groups in total. The van der Waals surface area contributed by atoms with Gasteiger partial charge in [-0.05, 0) is 37.6 Å². The van der Waals surface area contributed by atoms with Gasteiger partial charge in [-0.2, -0.15) is 4.98 Å². The number of benzene rings is 1. The summed E-state index contributed by atoms with van der Waals surface area (Å²) in [6.07, 6.45) is 3.48. The summed E-state index contributed by atoms with van der Waals surface area (Å²) in [5.74, 6) is 1.23.